The molecule has 1 rings (SSSR count). The molecule has 0 aromatic rings. The Bertz CT molecular complexity index is 203. The van der Waals surface area contributed by atoms with Gasteiger partial charge in [-0.1, -0.05) is 12.2 Å². The zero-order valence-electron chi connectivity index (χ0n) is 10.3. The van der Waals surface area contributed by atoms with E-state index in [0.717, 1.165) is 58.1 Å². The van der Waals surface area contributed by atoms with Crippen LogP contribution in [0.25, 0.3) is 0 Å². The largest absolute Gasteiger partial charge is 0.395 e. The van der Waals surface area contributed by atoms with Crippen molar-refractivity contribution >= 4 is 0 Å². The van der Waals surface area contributed by atoms with Crippen molar-refractivity contribution in [3.05, 3.63) is 12.2 Å². The fourth-order valence-electron chi connectivity index (χ4n) is 1.90. The second kappa shape index (κ2) is 7.79. The fourth-order valence-corrected chi connectivity index (χ4v) is 1.90. The standard InChI is InChI=1S/C12H24N2O2/c1-12(2)11-14(5-8-15)4-3-13-6-9-16-10-7-13/h15H,1,3-11H2,2H3. The van der Waals surface area contributed by atoms with Gasteiger partial charge in [-0.2, -0.15) is 0 Å². The third kappa shape index (κ3) is 5.61. The van der Waals surface area contributed by atoms with Gasteiger partial charge in [-0.25, -0.2) is 0 Å². The molecule has 94 valence electrons. The molecular weight excluding hydrogens is 204 g/mol. The molecule has 1 N–H and O–H groups in total. The van der Waals surface area contributed by atoms with Gasteiger partial charge in [-0.3, -0.25) is 9.80 Å². The predicted octanol–water partition coefficient (Wildman–Crippen LogP) is 0.189. The zero-order chi connectivity index (χ0) is 11.8. The molecular formula is C12H24N2O2. The van der Waals surface area contributed by atoms with Gasteiger partial charge in [-0.15, -0.1) is 0 Å². The molecule has 1 heterocycles. The van der Waals surface area contributed by atoms with Gasteiger partial charge in [0.1, 0.15) is 0 Å². The Balaban J connectivity index is 2.21. The Morgan fingerprint density at radius 2 is 2.06 bits per heavy atom. The molecule has 0 aliphatic carbocycles. The highest BCUT2D eigenvalue weighted by Crippen LogP contribution is 1.99. The third-order valence-corrected chi connectivity index (χ3v) is 2.75. The monoisotopic (exact) mass is 228 g/mol. The average Bonchev–Trinajstić information content (AvgIpc) is 2.27. The van der Waals surface area contributed by atoms with Gasteiger partial charge >= 0.3 is 0 Å². The predicted molar refractivity (Wildman–Crippen MR) is 65.6 cm³/mol. The highest BCUT2D eigenvalue weighted by Gasteiger charge is 2.12. The van der Waals surface area contributed by atoms with E-state index in [0.29, 0.717) is 0 Å². The van der Waals surface area contributed by atoms with Crippen molar-refractivity contribution in [1.29, 1.82) is 0 Å². The van der Waals surface area contributed by atoms with Crippen LogP contribution in [0, 0.1) is 0 Å². The van der Waals surface area contributed by atoms with Gasteiger partial charge < -0.3 is 9.84 Å². The number of hydrogen-bond donors (Lipinski definition) is 1. The van der Waals surface area contributed by atoms with Gasteiger partial charge in [0.2, 0.25) is 0 Å². The van der Waals surface area contributed by atoms with E-state index in [1.807, 2.05) is 6.92 Å². The van der Waals surface area contributed by atoms with Crippen molar-refractivity contribution in [3.8, 4) is 0 Å². The van der Waals surface area contributed by atoms with Crippen LogP contribution in [0.3, 0.4) is 0 Å². The van der Waals surface area contributed by atoms with Crippen molar-refractivity contribution in [3.63, 3.8) is 0 Å². The molecule has 0 bridgehead atoms. The number of morpholine rings is 1. The second-order valence-electron chi connectivity index (χ2n) is 4.41. The summed E-state index contributed by atoms with van der Waals surface area (Å²) in [6, 6.07) is 0. The van der Waals surface area contributed by atoms with Crippen molar-refractivity contribution in [2.45, 2.75) is 6.92 Å². The summed E-state index contributed by atoms with van der Waals surface area (Å²) in [6.07, 6.45) is 0. The zero-order valence-corrected chi connectivity index (χ0v) is 10.3. The van der Waals surface area contributed by atoms with Crippen molar-refractivity contribution in [1.82, 2.24) is 9.80 Å². The summed E-state index contributed by atoms with van der Waals surface area (Å²) in [6.45, 7) is 13.6. The molecule has 4 nitrogen and oxygen atoms in total. The van der Waals surface area contributed by atoms with Gasteiger partial charge in [0, 0.05) is 39.3 Å². The van der Waals surface area contributed by atoms with E-state index in [1.165, 1.54) is 0 Å². The molecule has 0 amide bonds. The van der Waals surface area contributed by atoms with E-state index in [2.05, 4.69) is 16.4 Å². The van der Waals surface area contributed by atoms with Crippen molar-refractivity contribution < 1.29 is 9.84 Å². The number of ether oxygens (including phenoxy) is 1. The topological polar surface area (TPSA) is 35.9 Å². The number of rotatable bonds is 7. The summed E-state index contributed by atoms with van der Waals surface area (Å²) in [7, 11) is 0. The maximum absolute atomic E-state index is 8.98. The maximum atomic E-state index is 8.98. The molecule has 0 aromatic heterocycles. The Morgan fingerprint density at radius 3 is 2.62 bits per heavy atom. The summed E-state index contributed by atoms with van der Waals surface area (Å²) >= 11 is 0. The maximum Gasteiger partial charge on any atom is 0.0594 e. The van der Waals surface area contributed by atoms with Gasteiger partial charge in [0.25, 0.3) is 0 Å². The van der Waals surface area contributed by atoms with Crippen LogP contribution in [0.5, 0.6) is 0 Å². The molecule has 1 fully saturated rings. The van der Waals surface area contributed by atoms with Crippen LogP contribution in [-0.4, -0.2) is 74.0 Å². The normalized spacial score (nSPS) is 17.9. The highest BCUT2D eigenvalue weighted by atomic mass is 16.5. The minimum atomic E-state index is 0.219. The number of aliphatic hydroxyl groups excluding tert-OH is 1. The van der Waals surface area contributed by atoms with E-state index < -0.39 is 0 Å². The van der Waals surface area contributed by atoms with Crippen LogP contribution in [0.4, 0.5) is 0 Å². The minimum absolute atomic E-state index is 0.219. The average molecular weight is 228 g/mol. The lowest BCUT2D eigenvalue weighted by atomic mass is 10.3. The van der Waals surface area contributed by atoms with E-state index in [-0.39, 0.29) is 6.61 Å². The number of hydrogen-bond acceptors (Lipinski definition) is 4. The summed E-state index contributed by atoms with van der Waals surface area (Å²) in [4.78, 5) is 4.66. The summed E-state index contributed by atoms with van der Waals surface area (Å²) < 4.78 is 5.31. The first kappa shape index (κ1) is 13.6. The quantitative estimate of drug-likeness (QED) is 0.631. The van der Waals surface area contributed by atoms with Crippen molar-refractivity contribution in [2.75, 3.05) is 59.1 Å². The Hall–Kier alpha value is -0.420. The summed E-state index contributed by atoms with van der Waals surface area (Å²) in [5, 5.41) is 8.98. The molecule has 1 saturated heterocycles. The van der Waals surface area contributed by atoms with E-state index in [4.69, 9.17) is 9.84 Å². The molecule has 0 aromatic carbocycles. The molecule has 0 saturated carbocycles. The van der Waals surface area contributed by atoms with Crippen LogP contribution in [0.1, 0.15) is 6.92 Å². The molecule has 0 atom stereocenters. The lowest BCUT2D eigenvalue weighted by molar-refractivity contribution is 0.0330. The van der Waals surface area contributed by atoms with Gasteiger partial charge in [-0.05, 0) is 6.92 Å². The van der Waals surface area contributed by atoms with E-state index in [1.54, 1.807) is 0 Å². The van der Waals surface area contributed by atoms with Gasteiger partial charge in [0.05, 0.1) is 19.8 Å². The number of aliphatic hydroxyl groups is 1. The molecule has 16 heavy (non-hydrogen) atoms. The first-order chi connectivity index (χ1) is 7.72. The summed E-state index contributed by atoms with van der Waals surface area (Å²) in [5.74, 6) is 0. The molecule has 1 aliphatic heterocycles. The first-order valence-electron chi connectivity index (χ1n) is 6.00. The van der Waals surface area contributed by atoms with Gasteiger partial charge in [0.15, 0.2) is 0 Å². The number of nitrogens with zero attached hydrogens (tertiary/aromatic N) is 2. The Labute approximate surface area is 98.5 Å². The van der Waals surface area contributed by atoms with Crippen LogP contribution >= 0.6 is 0 Å². The fraction of sp³-hybridized carbons (Fsp3) is 0.833. The van der Waals surface area contributed by atoms with Crippen LogP contribution in [-0.2, 0) is 4.74 Å². The molecule has 0 spiro atoms. The van der Waals surface area contributed by atoms with Crippen molar-refractivity contribution in [2.24, 2.45) is 0 Å². The molecule has 4 heteroatoms. The Kier molecular flexibility index (Phi) is 6.64. The van der Waals surface area contributed by atoms with E-state index in [9.17, 15) is 0 Å². The molecule has 0 unspecified atom stereocenters. The second-order valence-corrected chi connectivity index (χ2v) is 4.41. The summed E-state index contributed by atoms with van der Waals surface area (Å²) in [5.41, 5.74) is 1.15. The minimum Gasteiger partial charge on any atom is -0.395 e. The van der Waals surface area contributed by atoms with Crippen LogP contribution < -0.4 is 0 Å². The molecule has 0 radical (unpaired) electrons. The molecule has 1 aliphatic rings. The lowest BCUT2D eigenvalue weighted by Crippen LogP contribution is -2.42. The first-order valence-corrected chi connectivity index (χ1v) is 6.00. The smallest absolute Gasteiger partial charge is 0.0594 e. The van der Waals surface area contributed by atoms with E-state index >= 15 is 0 Å². The Morgan fingerprint density at radius 1 is 1.38 bits per heavy atom. The lowest BCUT2D eigenvalue weighted by Gasteiger charge is -2.29. The third-order valence-electron chi connectivity index (χ3n) is 2.75. The highest BCUT2D eigenvalue weighted by molar-refractivity contribution is 4.91. The SMILES string of the molecule is C=C(C)CN(CCO)CCN1CCOCC1. The van der Waals surface area contributed by atoms with Crippen LogP contribution in [0.15, 0.2) is 12.2 Å². The van der Waals surface area contributed by atoms with Crippen LogP contribution in [0.2, 0.25) is 0 Å².